The Hall–Kier alpha value is -1.77. The standard InChI is InChI=1S/C18H20F3N3.HI/c1-22-18(23-11-9-13-5-2-3-7-15(13)19)24-12-10-14-6-4-8-16(20)17(14)21;/h2-8H,9-12H2,1H3,(H2,22,23,24);1H. The molecule has 2 aromatic rings. The van der Waals surface area contributed by atoms with Crippen LogP contribution in [0.25, 0.3) is 0 Å². The van der Waals surface area contributed by atoms with Gasteiger partial charge >= 0.3 is 0 Å². The first-order valence-corrected chi connectivity index (χ1v) is 7.72. The molecule has 0 spiro atoms. The van der Waals surface area contributed by atoms with Crippen molar-refractivity contribution >= 4 is 29.9 Å². The zero-order valence-corrected chi connectivity index (χ0v) is 16.2. The van der Waals surface area contributed by atoms with Crippen LogP contribution in [0.5, 0.6) is 0 Å². The van der Waals surface area contributed by atoms with Crippen molar-refractivity contribution in [2.45, 2.75) is 12.8 Å². The molecule has 0 aliphatic rings. The number of aliphatic imine (C=N–C) groups is 1. The molecule has 0 aromatic heterocycles. The van der Waals surface area contributed by atoms with Crippen LogP contribution in [0.2, 0.25) is 0 Å². The summed E-state index contributed by atoms with van der Waals surface area (Å²) in [5, 5.41) is 6.08. The van der Waals surface area contributed by atoms with Crippen molar-refractivity contribution in [2.24, 2.45) is 4.99 Å². The zero-order chi connectivity index (χ0) is 17.4. The van der Waals surface area contributed by atoms with Gasteiger partial charge < -0.3 is 10.6 Å². The lowest BCUT2D eigenvalue weighted by Gasteiger charge is -2.12. The molecule has 0 bridgehead atoms. The summed E-state index contributed by atoms with van der Waals surface area (Å²) >= 11 is 0. The van der Waals surface area contributed by atoms with E-state index in [4.69, 9.17) is 0 Å². The molecule has 0 atom stereocenters. The molecule has 0 saturated heterocycles. The third-order valence-electron chi connectivity index (χ3n) is 3.59. The van der Waals surface area contributed by atoms with E-state index in [1.807, 2.05) is 0 Å². The molecular formula is C18H21F3IN3. The molecule has 0 saturated carbocycles. The molecule has 3 nitrogen and oxygen atoms in total. The second-order valence-corrected chi connectivity index (χ2v) is 5.23. The Morgan fingerprint density at radius 2 is 1.40 bits per heavy atom. The highest BCUT2D eigenvalue weighted by molar-refractivity contribution is 14.0. The van der Waals surface area contributed by atoms with Crippen molar-refractivity contribution in [3.05, 3.63) is 71.0 Å². The predicted octanol–water partition coefficient (Wildman–Crippen LogP) is 3.67. The zero-order valence-electron chi connectivity index (χ0n) is 13.9. The van der Waals surface area contributed by atoms with Gasteiger partial charge in [0.1, 0.15) is 5.82 Å². The SMILES string of the molecule is CN=C(NCCc1ccccc1F)NCCc1cccc(F)c1F.I. The van der Waals surface area contributed by atoms with E-state index in [2.05, 4.69) is 15.6 Å². The predicted molar refractivity (Wildman–Crippen MR) is 105 cm³/mol. The van der Waals surface area contributed by atoms with E-state index in [1.165, 1.54) is 12.1 Å². The molecule has 7 heteroatoms. The van der Waals surface area contributed by atoms with Crippen molar-refractivity contribution in [2.75, 3.05) is 20.1 Å². The second-order valence-electron chi connectivity index (χ2n) is 5.23. The molecule has 0 amide bonds. The molecule has 2 aromatic carbocycles. The first-order chi connectivity index (χ1) is 11.6. The van der Waals surface area contributed by atoms with Crippen molar-refractivity contribution < 1.29 is 13.2 Å². The summed E-state index contributed by atoms with van der Waals surface area (Å²) in [5.74, 6) is -1.37. The highest BCUT2D eigenvalue weighted by Gasteiger charge is 2.07. The fraction of sp³-hybridized carbons (Fsp3) is 0.278. The molecule has 0 fully saturated rings. The Bertz CT molecular complexity index is 708. The van der Waals surface area contributed by atoms with Gasteiger partial charge in [0.05, 0.1) is 0 Å². The first-order valence-electron chi connectivity index (χ1n) is 7.72. The molecule has 0 aliphatic carbocycles. The highest BCUT2D eigenvalue weighted by Crippen LogP contribution is 2.11. The average molecular weight is 463 g/mol. The number of nitrogens with one attached hydrogen (secondary N) is 2. The molecule has 0 heterocycles. The monoisotopic (exact) mass is 463 g/mol. The van der Waals surface area contributed by atoms with E-state index in [0.29, 0.717) is 43.0 Å². The smallest absolute Gasteiger partial charge is 0.190 e. The van der Waals surface area contributed by atoms with Crippen LogP contribution in [0.3, 0.4) is 0 Å². The minimum absolute atomic E-state index is 0. The van der Waals surface area contributed by atoms with Gasteiger partial charge in [-0.15, -0.1) is 24.0 Å². The summed E-state index contributed by atoms with van der Waals surface area (Å²) in [6.45, 7) is 0.911. The summed E-state index contributed by atoms with van der Waals surface area (Å²) in [4.78, 5) is 4.05. The minimum atomic E-state index is -0.847. The van der Waals surface area contributed by atoms with Crippen molar-refractivity contribution in [3.8, 4) is 0 Å². The summed E-state index contributed by atoms with van der Waals surface area (Å²) in [6, 6.07) is 10.7. The van der Waals surface area contributed by atoms with Crippen LogP contribution in [0.4, 0.5) is 13.2 Å². The van der Waals surface area contributed by atoms with Crippen LogP contribution in [-0.2, 0) is 12.8 Å². The van der Waals surface area contributed by atoms with Crippen LogP contribution < -0.4 is 10.6 Å². The number of hydrogen-bond donors (Lipinski definition) is 2. The van der Waals surface area contributed by atoms with Gasteiger partial charge in [-0.1, -0.05) is 30.3 Å². The molecule has 25 heavy (non-hydrogen) atoms. The summed E-state index contributed by atoms with van der Waals surface area (Å²) < 4.78 is 40.2. The van der Waals surface area contributed by atoms with Crippen LogP contribution in [0.15, 0.2) is 47.5 Å². The highest BCUT2D eigenvalue weighted by atomic mass is 127. The minimum Gasteiger partial charge on any atom is -0.356 e. The van der Waals surface area contributed by atoms with Gasteiger partial charge in [-0.05, 0) is 36.1 Å². The molecule has 2 rings (SSSR count). The van der Waals surface area contributed by atoms with Gasteiger partial charge in [0, 0.05) is 20.1 Å². The topological polar surface area (TPSA) is 36.4 Å². The van der Waals surface area contributed by atoms with Crippen molar-refractivity contribution in [3.63, 3.8) is 0 Å². The van der Waals surface area contributed by atoms with Gasteiger partial charge in [-0.2, -0.15) is 0 Å². The summed E-state index contributed by atoms with van der Waals surface area (Å²) in [5.41, 5.74) is 0.937. The summed E-state index contributed by atoms with van der Waals surface area (Å²) in [6.07, 6.45) is 0.851. The molecule has 0 aliphatic heterocycles. The van der Waals surface area contributed by atoms with E-state index in [-0.39, 0.29) is 29.8 Å². The lowest BCUT2D eigenvalue weighted by molar-refractivity contribution is 0.498. The van der Waals surface area contributed by atoms with E-state index in [0.717, 1.165) is 6.07 Å². The maximum atomic E-state index is 13.6. The maximum absolute atomic E-state index is 13.6. The normalized spacial score (nSPS) is 11.0. The fourth-order valence-corrected chi connectivity index (χ4v) is 2.29. The van der Waals surface area contributed by atoms with Crippen LogP contribution >= 0.6 is 24.0 Å². The second kappa shape index (κ2) is 11.0. The number of hydrogen-bond acceptors (Lipinski definition) is 1. The number of benzene rings is 2. The van der Waals surface area contributed by atoms with Crippen LogP contribution in [0.1, 0.15) is 11.1 Å². The van der Waals surface area contributed by atoms with Gasteiger partial charge in [0.15, 0.2) is 17.6 Å². The number of rotatable bonds is 6. The van der Waals surface area contributed by atoms with Gasteiger partial charge in [0.25, 0.3) is 0 Å². The van der Waals surface area contributed by atoms with Gasteiger partial charge in [-0.25, -0.2) is 13.2 Å². The largest absolute Gasteiger partial charge is 0.356 e. The molecule has 2 N–H and O–H groups in total. The van der Waals surface area contributed by atoms with Gasteiger partial charge in [-0.3, -0.25) is 4.99 Å². The van der Waals surface area contributed by atoms with E-state index >= 15 is 0 Å². The molecule has 136 valence electrons. The lowest BCUT2D eigenvalue weighted by atomic mass is 10.1. The third-order valence-corrected chi connectivity index (χ3v) is 3.59. The Morgan fingerprint density at radius 1 is 0.840 bits per heavy atom. The van der Waals surface area contributed by atoms with E-state index in [9.17, 15) is 13.2 Å². The Balaban J connectivity index is 0.00000312. The Labute approximate surface area is 162 Å². The average Bonchev–Trinajstić information content (AvgIpc) is 2.58. The van der Waals surface area contributed by atoms with E-state index in [1.54, 1.807) is 31.3 Å². The number of halogens is 4. The first kappa shape index (κ1) is 21.3. The van der Waals surface area contributed by atoms with Crippen LogP contribution in [-0.4, -0.2) is 26.1 Å². The number of guanidine groups is 1. The molecule has 0 radical (unpaired) electrons. The molecular weight excluding hydrogens is 442 g/mol. The third kappa shape index (κ3) is 6.56. The van der Waals surface area contributed by atoms with E-state index < -0.39 is 11.6 Å². The Morgan fingerprint density at radius 3 is 2.04 bits per heavy atom. The van der Waals surface area contributed by atoms with Crippen molar-refractivity contribution in [1.29, 1.82) is 0 Å². The maximum Gasteiger partial charge on any atom is 0.190 e. The quantitative estimate of drug-likeness (QED) is 0.390. The van der Waals surface area contributed by atoms with Crippen molar-refractivity contribution in [1.82, 2.24) is 10.6 Å². The fourth-order valence-electron chi connectivity index (χ4n) is 2.29. The molecule has 0 unspecified atom stereocenters. The summed E-state index contributed by atoms with van der Waals surface area (Å²) in [7, 11) is 1.61. The van der Waals surface area contributed by atoms with Crippen LogP contribution in [0, 0.1) is 17.5 Å². The van der Waals surface area contributed by atoms with Gasteiger partial charge in [0.2, 0.25) is 0 Å². The lowest BCUT2D eigenvalue weighted by Crippen LogP contribution is -2.39. The Kier molecular flexibility index (Phi) is 9.33. The number of nitrogens with zero attached hydrogens (tertiary/aromatic N) is 1.